The van der Waals surface area contributed by atoms with Crippen molar-refractivity contribution in [3.05, 3.63) is 60.0 Å². The van der Waals surface area contributed by atoms with Crippen molar-refractivity contribution >= 4 is 10.9 Å². The van der Waals surface area contributed by atoms with Gasteiger partial charge in [0.05, 0.1) is 5.52 Å². The van der Waals surface area contributed by atoms with Gasteiger partial charge in [-0.2, -0.15) is 0 Å². The van der Waals surface area contributed by atoms with Crippen LogP contribution in [-0.4, -0.2) is 9.55 Å². The van der Waals surface area contributed by atoms with Gasteiger partial charge in [0.25, 0.3) is 0 Å². The number of fused-ring (bicyclic) bond motifs is 1. The van der Waals surface area contributed by atoms with Crippen molar-refractivity contribution in [1.82, 2.24) is 9.55 Å². The van der Waals surface area contributed by atoms with E-state index in [1.807, 2.05) is 6.20 Å². The lowest BCUT2D eigenvalue weighted by Gasteiger charge is -2.05. The Kier molecular flexibility index (Phi) is 2.93. The minimum atomic E-state index is 0.932. The minimum Gasteiger partial charge on any atom is -0.361 e. The lowest BCUT2D eigenvalue weighted by Crippen LogP contribution is -1.97. The molecule has 0 aliphatic rings. The highest BCUT2D eigenvalue weighted by Gasteiger charge is 2.03. The van der Waals surface area contributed by atoms with Crippen molar-refractivity contribution in [2.45, 2.75) is 26.3 Å². The lowest BCUT2D eigenvalue weighted by molar-refractivity contribution is 0.802. The third-order valence-corrected chi connectivity index (χ3v) is 3.38. The van der Waals surface area contributed by atoms with Gasteiger partial charge >= 0.3 is 0 Å². The molecule has 2 nitrogen and oxygen atoms in total. The average molecular weight is 238 g/mol. The second kappa shape index (κ2) is 4.73. The normalized spacial score (nSPS) is 11.2. The highest BCUT2D eigenvalue weighted by molar-refractivity contribution is 5.82. The summed E-state index contributed by atoms with van der Waals surface area (Å²) in [5.74, 6) is 0. The topological polar surface area (TPSA) is 20.7 Å². The molecule has 0 fully saturated rings. The van der Waals surface area contributed by atoms with Crippen molar-refractivity contribution in [3.63, 3.8) is 0 Å². The zero-order valence-corrected chi connectivity index (χ0v) is 10.7. The molecule has 2 heterocycles. The first kappa shape index (κ1) is 11.1. The van der Waals surface area contributed by atoms with E-state index in [4.69, 9.17) is 0 Å². The zero-order chi connectivity index (χ0) is 12.4. The number of nitrogens with one attached hydrogen (secondary N) is 1. The van der Waals surface area contributed by atoms with E-state index in [1.165, 1.54) is 34.9 Å². The number of rotatable bonds is 4. The van der Waals surface area contributed by atoms with Crippen molar-refractivity contribution in [2.24, 2.45) is 0 Å². The van der Waals surface area contributed by atoms with Gasteiger partial charge in [0.2, 0.25) is 0 Å². The monoisotopic (exact) mass is 238 g/mol. The van der Waals surface area contributed by atoms with Crippen LogP contribution in [0.4, 0.5) is 0 Å². The first-order valence-electron chi connectivity index (χ1n) is 6.56. The summed E-state index contributed by atoms with van der Waals surface area (Å²) >= 11 is 0. The fourth-order valence-electron chi connectivity index (χ4n) is 2.50. The van der Waals surface area contributed by atoms with Crippen LogP contribution >= 0.6 is 0 Å². The predicted octanol–water partition coefficient (Wildman–Crippen LogP) is 3.97. The third-order valence-electron chi connectivity index (χ3n) is 3.38. The fraction of sp³-hybridized carbons (Fsp3) is 0.250. The van der Waals surface area contributed by atoms with Crippen LogP contribution in [0.25, 0.3) is 10.9 Å². The number of aryl methyl sites for hydroxylation is 1. The molecule has 0 aliphatic carbocycles. The molecule has 0 spiro atoms. The van der Waals surface area contributed by atoms with E-state index >= 15 is 0 Å². The van der Waals surface area contributed by atoms with E-state index in [0.717, 1.165) is 6.54 Å². The van der Waals surface area contributed by atoms with Crippen LogP contribution < -0.4 is 0 Å². The Morgan fingerprint density at radius 3 is 3.00 bits per heavy atom. The van der Waals surface area contributed by atoms with Gasteiger partial charge in [-0.15, -0.1) is 0 Å². The lowest BCUT2D eigenvalue weighted by atomic mass is 10.1. The van der Waals surface area contributed by atoms with E-state index < -0.39 is 0 Å². The SMILES string of the molecule is CCCc1ccn(Cc2cccc3cc[nH]c23)c1. The average Bonchev–Trinajstić information content (AvgIpc) is 2.99. The molecule has 1 aromatic carbocycles. The predicted molar refractivity (Wildman–Crippen MR) is 75.8 cm³/mol. The van der Waals surface area contributed by atoms with Gasteiger partial charge in [-0.05, 0) is 35.1 Å². The number of para-hydroxylation sites is 1. The molecule has 0 radical (unpaired) electrons. The van der Waals surface area contributed by atoms with Gasteiger partial charge in [0.1, 0.15) is 0 Å². The maximum Gasteiger partial charge on any atom is 0.0504 e. The van der Waals surface area contributed by atoms with Gasteiger partial charge in [-0.25, -0.2) is 0 Å². The molecule has 2 aromatic heterocycles. The summed E-state index contributed by atoms with van der Waals surface area (Å²) < 4.78 is 2.26. The first-order chi connectivity index (χ1) is 8.86. The Hall–Kier alpha value is -1.96. The third kappa shape index (κ3) is 2.06. The van der Waals surface area contributed by atoms with Crippen molar-refractivity contribution in [2.75, 3.05) is 0 Å². The van der Waals surface area contributed by atoms with E-state index in [9.17, 15) is 0 Å². The summed E-state index contributed by atoms with van der Waals surface area (Å²) in [6, 6.07) is 10.8. The van der Waals surface area contributed by atoms with Crippen molar-refractivity contribution in [3.8, 4) is 0 Å². The molecule has 3 aromatic rings. The highest BCUT2D eigenvalue weighted by atomic mass is 14.9. The number of aromatic nitrogens is 2. The molecule has 2 heteroatoms. The van der Waals surface area contributed by atoms with Crippen LogP contribution in [-0.2, 0) is 13.0 Å². The van der Waals surface area contributed by atoms with Crippen molar-refractivity contribution < 1.29 is 0 Å². The molecular formula is C16H18N2. The maximum absolute atomic E-state index is 3.33. The number of nitrogens with zero attached hydrogens (tertiary/aromatic N) is 1. The quantitative estimate of drug-likeness (QED) is 0.710. The second-order valence-electron chi connectivity index (χ2n) is 4.80. The van der Waals surface area contributed by atoms with Gasteiger partial charge in [0.15, 0.2) is 0 Å². The van der Waals surface area contributed by atoms with Gasteiger partial charge < -0.3 is 9.55 Å². The Morgan fingerprint density at radius 2 is 2.11 bits per heavy atom. The second-order valence-corrected chi connectivity index (χ2v) is 4.80. The number of hydrogen-bond acceptors (Lipinski definition) is 0. The van der Waals surface area contributed by atoms with E-state index in [2.05, 4.69) is 59.2 Å². The summed E-state index contributed by atoms with van der Waals surface area (Å²) in [5.41, 5.74) is 4.02. The molecule has 0 bridgehead atoms. The Labute approximate surface area is 107 Å². The molecule has 18 heavy (non-hydrogen) atoms. The highest BCUT2D eigenvalue weighted by Crippen LogP contribution is 2.18. The summed E-state index contributed by atoms with van der Waals surface area (Å²) in [6.07, 6.45) is 8.81. The van der Waals surface area contributed by atoms with Crippen LogP contribution in [0.15, 0.2) is 48.9 Å². The molecule has 1 N–H and O–H groups in total. The summed E-state index contributed by atoms with van der Waals surface area (Å²) in [7, 11) is 0. The van der Waals surface area contributed by atoms with Crippen LogP contribution in [0.3, 0.4) is 0 Å². The smallest absolute Gasteiger partial charge is 0.0504 e. The largest absolute Gasteiger partial charge is 0.361 e. The first-order valence-corrected chi connectivity index (χ1v) is 6.56. The standard InChI is InChI=1S/C16H18N2/c1-2-4-13-8-10-18(11-13)12-15-6-3-5-14-7-9-17-16(14)15/h3,5-11,17H,2,4,12H2,1H3. The van der Waals surface area contributed by atoms with Gasteiger partial charge in [0, 0.05) is 25.1 Å². The minimum absolute atomic E-state index is 0.932. The van der Waals surface area contributed by atoms with Crippen LogP contribution in [0.2, 0.25) is 0 Å². The Bertz CT molecular complexity index is 646. The number of benzene rings is 1. The summed E-state index contributed by atoms with van der Waals surface area (Å²) in [6.45, 7) is 3.15. The Balaban J connectivity index is 1.88. The molecule has 0 unspecified atom stereocenters. The molecule has 0 atom stereocenters. The fourth-order valence-corrected chi connectivity index (χ4v) is 2.50. The van der Waals surface area contributed by atoms with Crippen LogP contribution in [0, 0.1) is 0 Å². The molecule has 0 saturated heterocycles. The van der Waals surface area contributed by atoms with E-state index in [-0.39, 0.29) is 0 Å². The number of H-pyrrole nitrogens is 1. The van der Waals surface area contributed by atoms with E-state index in [0.29, 0.717) is 0 Å². The maximum atomic E-state index is 3.33. The van der Waals surface area contributed by atoms with Gasteiger partial charge in [-0.1, -0.05) is 31.5 Å². The zero-order valence-electron chi connectivity index (χ0n) is 10.7. The van der Waals surface area contributed by atoms with Gasteiger partial charge in [-0.3, -0.25) is 0 Å². The number of aromatic amines is 1. The van der Waals surface area contributed by atoms with Crippen LogP contribution in [0.1, 0.15) is 24.5 Å². The molecule has 0 saturated carbocycles. The van der Waals surface area contributed by atoms with Crippen LogP contribution in [0.5, 0.6) is 0 Å². The molecule has 0 aliphatic heterocycles. The molecular weight excluding hydrogens is 220 g/mol. The van der Waals surface area contributed by atoms with Crippen molar-refractivity contribution in [1.29, 1.82) is 0 Å². The number of hydrogen-bond donors (Lipinski definition) is 1. The summed E-state index contributed by atoms with van der Waals surface area (Å²) in [4.78, 5) is 3.33. The molecule has 3 rings (SSSR count). The summed E-state index contributed by atoms with van der Waals surface area (Å²) in [5, 5.41) is 1.29. The van der Waals surface area contributed by atoms with E-state index in [1.54, 1.807) is 0 Å². The molecule has 92 valence electrons. The Morgan fingerprint density at radius 1 is 1.17 bits per heavy atom. The molecule has 0 amide bonds.